The number of carbonyl (C=O) groups excluding carboxylic acids is 2. The van der Waals surface area contributed by atoms with Gasteiger partial charge in [-0.3, -0.25) is 9.59 Å². The molecule has 2 amide bonds. The Kier molecular flexibility index (Phi) is 10.4. The molecule has 1 fully saturated rings. The second-order valence-corrected chi connectivity index (χ2v) is 10.8. The highest BCUT2D eigenvalue weighted by molar-refractivity contribution is 6.30. The molecular weight excluding hydrogens is 492 g/mol. The molecule has 38 heavy (non-hydrogen) atoms. The quantitative estimate of drug-likeness (QED) is 0.292. The first kappa shape index (κ1) is 27.9. The molecule has 0 spiro atoms. The Morgan fingerprint density at radius 3 is 2.24 bits per heavy atom. The lowest BCUT2D eigenvalue weighted by Gasteiger charge is -2.33. The molecule has 1 saturated carbocycles. The smallest absolute Gasteiger partial charge is 0.243 e. The van der Waals surface area contributed by atoms with Crippen LogP contribution >= 0.6 is 11.6 Å². The highest BCUT2D eigenvalue weighted by Gasteiger charge is 2.31. The Morgan fingerprint density at radius 2 is 1.55 bits per heavy atom. The number of aryl methyl sites for hydroxylation is 2. The van der Waals surface area contributed by atoms with E-state index in [1.54, 1.807) is 4.90 Å². The van der Waals surface area contributed by atoms with Crippen LogP contribution in [0.25, 0.3) is 0 Å². The van der Waals surface area contributed by atoms with Crippen molar-refractivity contribution in [3.8, 4) is 0 Å². The number of hydrogen-bond acceptors (Lipinski definition) is 2. The van der Waals surface area contributed by atoms with Crippen LogP contribution in [0.15, 0.2) is 78.9 Å². The third kappa shape index (κ3) is 8.19. The molecule has 200 valence electrons. The molecule has 0 radical (unpaired) electrons. The minimum atomic E-state index is -0.603. The number of amides is 2. The average Bonchev–Trinajstić information content (AvgIpc) is 2.95. The zero-order valence-corrected chi connectivity index (χ0v) is 23.1. The largest absolute Gasteiger partial charge is 0.352 e. The van der Waals surface area contributed by atoms with Gasteiger partial charge in [-0.05, 0) is 60.1 Å². The lowest BCUT2D eigenvalue weighted by Crippen LogP contribution is -2.52. The molecule has 3 aromatic rings. The van der Waals surface area contributed by atoms with E-state index < -0.39 is 6.04 Å². The van der Waals surface area contributed by atoms with E-state index in [-0.39, 0.29) is 17.9 Å². The van der Waals surface area contributed by atoms with Gasteiger partial charge in [-0.25, -0.2) is 0 Å². The van der Waals surface area contributed by atoms with Gasteiger partial charge < -0.3 is 10.2 Å². The molecule has 0 heterocycles. The molecule has 1 N–H and O–H groups in total. The summed E-state index contributed by atoms with van der Waals surface area (Å²) in [5.74, 6) is -0.0901. The molecule has 4 nitrogen and oxygen atoms in total. The van der Waals surface area contributed by atoms with Crippen molar-refractivity contribution >= 4 is 23.4 Å². The lowest BCUT2D eigenvalue weighted by atomic mass is 9.94. The molecule has 3 aromatic carbocycles. The van der Waals surface area contributed by atoms with E-state index >= 15 is 0 Å². The number of halogens is 1. The number of rotatable bonds is 11. The van der Waals surface area contributed by atoms with E-state index in [0.29, 0.717) is 30.8 Å². The third-order valence-corrected chi connectivity index (χ3v) is 7.76. The van der Waals surface area contributed by atoms with Crippen LogP contribution in [0.2, 0.25) is 5.02 Å². The van der Waals surface area contributed by atoms with Crippen LogP contribution in [-0.2, 0) is 35.4 Å². The maximum Gasteiger partial charge on any atom is 0.243 e. The van der Waals surface area contributed by atoms with Crippen molar-refractivity contribution in [2.45, 2.75) is 83.3 Å². The van der Waals surface area contributed by atoms with Gasteiger partial charge in [0.25, 0.3) is 0 Å². The fraction of sp³-hybridized carbons (Fsp3) is 0.394. The van der Waals surface area contributed by atoms with Gasteiger partial charge >= 0.3 is 0 Å². The first-order chi connectivity index (χ1) is 18.5. The summed E-state index contributed by atoms with van der Waals surface area (Å²) in [6.07, 6.45) is 7.93. The standard InChI is InChI=1S/C33H39ClN2O2/c1-2-25-16-18-26(19-17-25)20-21-32(37)36(24-28-12-9-13-29(34)22-28)31(23-27-10-5-3-6-11-27)33(38)35-30-14-7-4-8-15-30/h3,5-6,9-13,16-19,22,30-31H,2,4,7-8,14-15,20-21,23-24H2,1H3,(H,35,38)/t31-/m0/s1. The SMILES string of the molecule is CCc1ccc(CCC(=O)N(Cc2cccc(Cl)c2)[C@@H](Cc2ccccc2)C(=O)NC2CCCCC2)cc1. The highest BCUT2D eigenvalue weighted by atomic mass is 35.5. The second kappa shape index (κ2) is 14.2. The van der Waals surface area contributed by atoms with Crippen molar-refractivity contribution in [2.24, 2.45) is 0 Å². The highest BCUT2D eigenvalue weighted by Crippen LogP contribution is 2.21. The van der Waals surface area contributed by atoms with Crippen molar-refractivity contribution < 1.29 is 9.59 Å². The van der Waals surface area contributed by atoms with Crippen LogP contribution in [0.5, 0.6) is 0 Å². The Labute approximate surface area is 232 Å². The summed E-state index contributed by atoms with van der Waals surface area (Å²) in [5.41, 5.74) is 4.37. The fourth-order valence-corrected chi connectivity index (χ4v) is 5.48. The number of nitrogens with zero attached hydrogens (tertiary/aromatic N) is 1. The molecule has 4 rings (SSSR count). The molecule has 0 aromatic heterocycles. The summed E-state index contributed by atoms with van der Waals surface area (Å²) >= 11 is 6.29. The Bertz CT molecular complexity index is 1170. The summed E-state index contributed by atoms with van der Waals surface area (Å²) in [6.45, 7) is 2.47. The predicted octanol–water partition coefficient (Wildman–Crippen LogP) is 6.92. The zero-order valence-electron chi connectivity index (χ0n) is 22.4. The van der Waals surface area contributed by atoms with Gasteiger partial charge in [0, 0.05) is 30.5 Å². The number of hydrogen-bond donors (Lipinski definition) is 1. The normalized spacial score (nSPS) is 14.6. The van der Waals surface area contributed by atoms with Gasteiger partial charge in [0.05, 0.1) is 0 Å². The van der Waals surface area contributed by atoms with Gasteiger partial charge in [-0.2, -0.15) is 0 Å². The molecule has 5 heteroatoms. The van der Waals surface area contributed by atoms with Crippen LogP contribution in [0.4, 0.5) is 0 Å². The second-order valence-electron chi connectivity index (χ2n) is 10.4. The fourth-order valence-electron chi connectivity index (χ4n) is 5.27. The summed E-state index contributed by atoms with van der Waals surface area (Å²) in [7, 11) is 0. The van der Waals surface area contributed by atoms with Gasteiger partial charge in [0.2, 0.25) is 11.8 Å². The van der Waals surface area contributed by atoms with E-state index in [4.69, 9.17) is 11.6 Å². The summed E-state index contributed by atoms with van der Waals surface area (Å²) < 4.78 is 0. The molecule has 0 bridgehead atoms. The van der Waals surface area contributed by atoms with Crippen molar-refractivity contribution in [3.05, 3.63) is 106 Å². The molecule has 1 aliphatic rings. The van der Waals surface area contributed by atoms with E-state index in [9.17, 15) is 9.59 Å². The Balaban J connectivity index is 1.59. The maximum atomic E-state index is 13.9. The van der Waals surface area contributed by atoms with E-state index in [2.05, 4.69) is 36.5 Å². The Morgan fingerprint density at radius 1 is 0.868 bits per heavy atom. The average molecular weight is 531 g/mol. The third-order valence-electron chi connectivity index (χ3n) is 7.52. The van der Waals surface area contributed by atoms with Crippen LogP contribution in [0.3, 0.4) is 0 Å². The van der Waals surface area contributed by atoms with E-state index in [1.807, 2.05) is 54.6 Å². The molecular formula is C33H39ClN2O2. The van der Waals surface area contributed by atoms with Crippen LogP contribution < -0.4 is 5.32 Å². The van der Waals surface area contributed by atoms with Crippen molar-refractivity contribution in [1.82, 2.24) is 10.2 Å². The van der Waals surface area contributed by atoms with E-state index in [1.165, 1.54) is 12.0 Å². The number of nitrogens with one attached hydrogen (secondary N) is 1. The minimum absolute atomic E-state index is 0.0238. The molecule has 1 aliphatic carbocycles. The summed E-state index contributed by atoms with van der Waals surface area (Å²) in [4.78, 5) is 29.5. The van der Waals surface area contributed by atoms with E-state index in [0.717, 1.165) is 48.8 Å². The van der Waals surface area contributed by atoms with Crippen LogP contribution in [0, 0.1) is 0 Å². The topological polar surface area (TPSA) is 49.4 Å². The summed E-state index contributed by atoms with van der Waals surface area (Å²) in [5, 5.41) is 3.92. The Hall–Kier alpha value is -3.11. The van der Waals surface area contributed by atoms with Gasteiger partial charge in [0.15, 0.2) is 0 Å². The number of carbonyl (C=O) groups is 2. The first-order valence-corrected chi connectivity index (χ1v) is 14.4. The molecule has 0 saturated heterocycles. The van der Waals surface area contributed by atoms with Crippen LogP contribution in [0.1, 0.15) is 67.7 Å². The van der Waals surface area contributed by atoms with Gasteiger partial charge in [0.1, 0.15) is 6.04 Å². The van der Waals surface area contributed by atoms with Crippen molar-refractivity contribution in [1.29, 1.82) is 0 Å². The van der Waals surface area contributed by atoms with Gasteiger partial charge in [-0.15, -0.1) is 0 Å². The van der Waals surface area contributed by atoms with Crippen molar-refractivity contribution in [3.63, 3.8) is 0 Å². The van der Waals surface area contributed by atoms with Crippen LogP contribution in [-0.4, -0.2) is 28.8 Å². The van der Waals surface area contributed by atoms with Crippen molar-refractivity contribution in [2.75, 3.05) is 0 Å². The van der Waals surface area contributed by atoms with Gasteiger partial charge in [-0.1, -0.05) is 105 Å². The maximum absolute atomic E-state index is 13.9. The first-order valence-electron chi connectivity index (χ1n) is 14.0. The molecule has 1 atom stereocenters. The molecule has 0 aliphatic heterocycles. The minimum Gasteiger partial charge on any atom is -0.352 e. The predicted molar refractivity (Wildman–Crippen MR) is 155 cm³/mol. The lowest BCUT2D eigenvalue weighted by molar-refractivity contribution is -0.141. The monoisotopic (exact) mass is 530 g/mol. The summed E-state index contributed by atoms with van der Waals surface area (Å²) in [6, 6.07) is 25.6. The number of benzene rings is 3. The zero-order chi connectivity index (χ0) is 26.7. The molecule has 0 unspecified atom stereocenters.